The molecule has 1 aromatic carbocycles. The van der Waals surface area contributed by atoms with Crippen LogP contribution >= 0.6 is 0 Å². The van der Waals surface area contributed by atoms with Crippen molar-refractivity contribution in [1.82, 2.24) is 9.62 Å². The highest BCUT2D eigenvalue weighted by molar-refractivity contribution is 7.89. The van der Waals surface area contributed by atoms with Gasteiger partial charge in [0.1, 0.15) is 11.6 Å². The molecule has 114 valence electrons. The van der Waals surface area contributed by atoms with Crippen LogP contribution in [0.3, 0.4) is 0 Å². The van der Waals surface area contributed by atoms with E-state index in [1.54, 1.807) is 19.0 Å². The molecule has 0 saturated carbocycles. The van der Waals surface area contributed by atoms with Gasteiger partial charge in [-0.3, -0.25) is 0 Å². The Morgan fingerprint density at radius 1 is 1.30 bits per heavy atom. The molecular formula is C12H18F2N2O3S. The molecule has 0 amide bonds. The predicted molar refractivity (Wildman–Crippen MR) is 70.7 cm³/mol. The molecule has 20 heavy (non-hydrogen) atoms. The molecule has 8 heteroatoms. The molecule has 0 aliphatic carbocycles. The van der Waals surface area contributed by atoms with E-state index in [1.165, 1.54) is 6.92 Å². The zero-order valence-electron chi connectivity index (χ0n) is 11.5. The summed E-state index contributed by atoms with van der Waals surface area (Å²) in [6.07, 6.45) is 0. The standard InChI is InChI=1S/C12H18F2N2O3S/c1-12(17,8-16(2)3)7-15-20(18,19)11-9(13)5-4-6-10(11)14/h4-6,15,17H,7-8H2,1-3H3. The highest BCUT2D eigenvalue weighted by Gasteiger charge is 2.28. The van der Waals surface area contributed by atoms with Crippen LogP contribution in [0.1, 0.15) is 6.92 Å². The predicted octanol–water partition coefficient (Wildman–Crippen LogP) is 0.556. The first-order chi connectivity index (χ1) is 9.05. The molecule has 0 fully saturated rings. The molecule has 1 aromatic rings. The lowest BCUT2D eigenvalue weighted by Gasteiger charge is -2.27. The van der Waals surface area contributed by atoms with E-state index >= 15 is 0 Å². The molecule has 5 nitrogen and oxygen atoms in total. The zero-order valence-corrected chi connectivity index (χ0v) is 12.3. The van der Waals surface area contributed by atoms with Gasteiger partial charge >= 0.3 is 0 Å². The number of nitrogens with zero attached hydrogens (tertiary/aromatic N) is 1. The van der Waals surface area contributed by atoms with Gasteiger partial charge in [-0.25, -0.2) is 21.9 Å². The van der Waals surface area contributed by atoms with Crippen LogP contribution in [0.25, 0.3) is 0 Å². The van der Waals surface area contributed by atoms with Crippen molar-refractivity contribution in [3.05, 3.63) is 29.8 Å². The smallest absolute Gasteiger partial charge is 0.246 e. The van der Waals surface area contributed by atoms with Crippen molar-refractivity contribution in [3.8, 4) is 0 Å². The molecule has 0 heterocycles. The average molecular weight is 308 g/mol. The first kappa shape index (κ1) is 17.0. The lowest BCUT2D eigenvalue weighted by Crippen LogP contribution is -2.47. The maximum absolute atomic E-state index is 13.4. The van der Waals surface area contributed by atoms with Gasteiger partial charge in [0.15, 0.2) is 4.90 Å². The van der Waals surface area contributed by atoms with Gasteiger partial charge in [0.05, 0.1) is 5.60 Å². The number of sulfonamides is 1. The molecule has 0 aromatic heterocycles. The fourth-order valence-electron chi connectivity index (χ4n) is 1.80. The maximum Gasteiger partial charge on any atom is 0.246 e. The number of hydrogen-bond donors (Lipinski definition) is 2. The van der Waals surface area contributed by atoms with Crippen LogP contribution in [0.4, 0.5) is 8.78 Å². The molecule has 1 rings (SSSR count). The molecule has 0 aliphatic heterocycles. The van der Waals surface area contributed by atoms with Gasteiger partial charge < -0.3 is 10.0 Å². The first-order valence-electron chi connectivity index (χ1n) is 5.86. The van der Waals surface area contributed by atoms with Crippen LogP contribution in [0, 0.1) is 11.6 Å². The van der Waals surface area contributed by atoms with E-state index in [0.29, 0.717) is 0 Å². The molecule has 0 saturated heterocycles. The van der Waals surface area contributed by atoms with Gasteiger partial charge in [-0.05, 0) is 33.2 Å². The molecular weight excluding hydrogens is 290 g/mol. The van der Waals surface area contributed by atoms with Crippen molar-refractivity contribution >= 4 is 10.0 Å². The molecule has 0 spiro atoms. The Balaban J connectivity index is 2.92. The van der Waals surface area contributed by atoms with Crippen molar-refractivity contribution in [2.45, 2.75) is 17.4 Å². The summed E-state index contributed by atoms with van der Waals surface area (Å²) in [5.41, 5.74) is -1.36. The Morgan fingerprint density at radius 3 is 2.25 bits per heavy atom. The topological polar surface area (TPSA) is 69.6 Å². The summed E-state index contributed by atoms with van der Waals surface area (Å²) in [5, 5.41) is 9.98. The lowest BCUT2D eigenvalue weighted by molar-refractivity contribution is 0.0385. The van der Waals surface area contributed by atoms with E-state index in [4.69, 9.17) is 0 Å². The number of nitrogens with one attached hydrogen (secondary N) is 1. The normalized spacial score (nSPS) is 15.3. The van der Waals surface area contributed by atoms with Gasteiger partial charge in [0.25, 0.3) is 0 Å². The monoisotopic (exact) mass is 308 g/mol. The maximum atomic E-state index is 13.4. The largest absolute Gasteiger partial charge is 0.387 e. The Hall–Kier alpha value is -1.09. The second-order valence-corrected chi connectivity index (χ2v) is 6.81. The van der Waals surface area contributed by atoms with Gasteiger partial charge in [-0.2, -0.15) is 0 Å². The van der Waals surface area contributed by atoms with Crippen molar-refractivity contribution in [2.24, 2.45) is 0 Å². The van der Waals surface area contributed by atoms with Crippen molar-refractivity contribution in [3.63, 3.8) is 0 Å². The molecule has 2 N–H and O–H groups in total. The minimum atomic E-state index is -4.37. The van der Waals surface area contributed by atoms with E-state index in [0.717, 1.165) is 18.2 Å². The quantitative estimate of drug-likeness (QED) is 0.805. The third-order valence-electron chi connectivity index (χ3n) is 2.49. The van der Waals surface area contributed by atoms with Crippen LogP contribution in [0.5, 0.6) is 0 Å². The van der Waals surface area contributed by atoms with E-state index in [9.17, 15) is 22.3 Å². The fraction of sp³-hybridized carbons (Fsp3) is 0.500. The highest BCUT2D eigenvalue weighted by Crippen LogP contribution is 2.18. The third-order valence-corrected chi connectivity index (χ3v) is 3.94. The minimum Gasteiger partial charge on any atom is -0.387 e. The number of rotatable bonds is 6. The number of likely N-dealkylation sites (N-methyl/N-ethyl adjacent to an activating group) is 1. The Bertz CT molecular complexity index is 554. The summed E-state index contributed by atoms with van der Waals surface area (Å²) < 4.78 is 52.7. The van der Waals surface area contributed by atoms with E-state index in [-0.39, 0.29) is 13.1 Å². The molecule has 0 aliphatic rings. The highest BCUT2D eigenvalue weighted by atomic mass is 32.2. The van der Waals surface area contributed by atoms with E-state index in [1.807, 2.05) is 4.72 Å². The summed E-state index contributed by atoms with van der Waals surface area (Å²) in [4.78, 5) is 0.624. The van der Waals surface area contributed by atoms with E-state index in [2.05, 4.69) is 0 Å². The Morgan fingerprint density at radius 2 is 1.80 bits per heavy atom. The summed E-state index contributed by atoms with van der Waals surface area (Å²) in [6, 6.07) is 2.79. The van der Waals surface area contributed by atoms with Gasteiger partial charge in [-0.1, -0.05) is 6.07 Å². The average Bonchev–Trinajstić information content (AvgIpc) is 2.24. The number of halogens is 2. The van der Waals surface area contributed by atoms with Crippen LogP contribution in [0.15, 0.2) is 23.1 Å². The van der Waals surface area contributed by atoms with Crippen LogP contribution < -0.4 is 4.72 Å². The molecule has 1 unspecified atom stereocenters. The van der Waals surface area contributed by atoms with Gasteiger partial charge in [-0.15, -0.1) is 0 Å². The second-order valence-electron chi connectivity index (χ2n) is 5.11. The van der Waals surface area contributed by atoms with Crippen LogP contribution in [-0.2, 0) is 10.0 Å². The minimum absolute atomic E-state index is 0.190. The van der Waals surface area contributed by atoms with Crippen molar-refractivity contribution in [1.29, 1.82) is 0 Å². The van der Waals surface area contributed by atoms with Crippen LogP contribution in [0.2, 0.25) is 0 Å². The molecule has 0 radical (unpaired) electrons. The SMILES string of the molecule is CN(C)CC(C)(O)CNS(=O)(=O)c1c(F)cccc1F. The first-order valence-corrected chi connectivity index (χ1v) is 7.34. The molecule has 0 bridgehead atoms. The summed E-state index contributed by atoms with van der Waals surface area (Å²) in [6.45, 7) is 1.25. The second kappa shape index (κ2) is 6.13. The van der Waals surface area contributed by atoms with Gasteiger partial charge in [0.2, 0.25) is 10.0 Å². The number of hydrogen-bond acceptors (Lipinski definition) is 4. The molecule has 1 atom stereocenters. The lowest BCUT2D eigenvalue weighted by atomic mass is 10.1. The summed E-state index contributed by atoms with van der Waals surface area (Å²) in [7, 11) is -0.953. The Kier molecular flexibility index (Phi) is 5.20. The van der Waals surface area contributed by atoms with Crippen LogP contribution in [-0.4, -0.2) is 51.2 Å². The summed E-state index contributed by atoms with van der Waals surface area (Å²) in [5.74, 6) is -2.35. The number of aliphatic hydroxyl groups is 1. The third kappa shape index (κ3) is 4.48. The van der Waals surface area contributed by atoms with Crippen molar-refractivity contribution < 1.29 is 22.3 Å². The Labute approximate surface area is 117 Å². The summed E-state index contributed by atoms with van der Waals surface area (Å²) >= 11 is 0. The van der Waals surface area contributed by atoms with Gasteiger partial charge in [0, 0.05) is 13.1 Å². The zero-order chi connectivity index (χ0) is 15.6. The van der Waals surface area contributed by atoms with Crippen molar-refractivity contribution in [2.75, 3.05) is 27.2 Å². The fourth-order valence-corrected chi connectivity index (χ4v) is 3.09. The number of benzene rings is 1. The van der Waals surface area contributed by atoms with E-state index < -0.39 is 32.2 Å².